The van der Waals surface area contributed by atoms with Crippen molar-refractivity contribution in [1.29, 1.82) is 0 Å². The Labute approximate surface area is 137 Å². The largest absolute Gasteiger partial charge is 0.390 e. The molecule has 1 aliphatic heterocycles. The van der Waals surface area contributed by atoms with Gasteiger partial charge in [-0.15, -0.1) is 0 Å². The van der Waals surface area contributed by atoms with Crippen LogP contribution in [0, 0.1) is 5.41 Å². The van der Waals surface area contributed by atoms with Gasteiger partial charge in [0.15, 0.2) is 5.82 Å². The number of rotatable bonds is 3. The Morgan fingerprint density at radius 2 is 1.87 bits per heavy atom. The second kappa shape index (κ2) is 5.98. The molecule has 1 N–H and O–H groups in total. The first kappa shape index (κ1) is 16.0. The third-order valence-electron chi connectivity index (χ3n) is 5.00. The van der Waals surface area contributed by atoms with Crippen molar-refractivity contribution < 1.29 is 5.11 Å². The number of hydrogen-bond acceptors (Lipinski definition) is 5. The molecule has 1 atom stereocenters. The zero-order chi connectivity index (χ0) is 16.5. The summed E-state index contributed by atoms with van der Waals surface area (Å²) in [4.78, 5) is 15.5. The van der Waals surface area contributed by atoms with Gasteiger partial charge in [0.2, 0.25) is 0 Å². The number of piperidine rings is 1. The van der Waals surface area contributed by atoms with Crippen LogP contribution in [0.15, 0.2) is 36.8 Å². The third kappa shape index (κ3) is 3.41. The van der Waals surface area contributed by atoms with E-state index in [1.165, 1.54) is 0 Å². The maximum atomic E-state index is 10.5. The maximum absolute atomic E-state index is 10.5. The predicted octanol–water partition coefficient (Wildman–Crippen LogP) is 2.52. The van der Waals surface area contributed by atoms with Crippen LogP contribution < -0.4 is 0 Å². The van der Waals surface area contributed by atoms with Crippen LogP contribution in [0.2, 0.25) is 0 Å². The van der Waals surface area contributed by atoms with Crippen LogP contribution in [0.3, 0.4) is 0 Å². The van der Waals surface area contributed by atoms with Crippen LogP contribution in [0.1, 0.15) is 32.8 Å². The molecule has 2 aromatic heterocycles. The molecular formula is C18H24N4O. The Morgan fingerprint density at radius 3 is 2.48 bits per heavy atom. The molecule has 1 saturated heterocycles. The van der Waals surface area contributed by atoms with Crippen molar-refractivity contribution in [2.24, 2.45) is 5.41 Å². The van der Waals surface area contributed by atoms with Gasteiger partial charge in [0.1, 0.15) is 5.69 Å². The highest BCUT2D eigenvalue weighted by molar-refractivity contribution is 5.47. The summed E-state index contributed by atoms with van der Waals surface area (Å²) in [5, 5.41) is 10.5. The summed E-state index contributed by atoms with van der Waals surface area (Å²) in [6.07, 6.45) is 6.27. The number of likely N-dealkylation sites (tertiary alicyclic amines) is 1. The number of hydrogen-bond donors (Lipinski definition) is 1. The number of aromatic nitrogens is 3. The molecule has 5 nitrogen and oxygen atoms in total. The lowest BCUT2D eigenvalue weighted by molar-refractivity contribution is -0.107. The van der Waals surface area contributed by atoms with E-state index in [2.05, 4.69) is 33.7 Å². The van der Waals surface area contributed by atoms with Gasteiger partial charge in [-0.3, -0.25) is 9.88 Å². The normalized spacial score (nSPS) is 24.5. The average molecular weight is 312 g/mol. The number of aliphatic hydroxyl groups is 1. The second-order valence-corrected chi connectivity index (χ2v) is 7.25. The lowest BCUT2D eigenvalue weighted by Gasteiger charge is -2.48. The summed E-state index contributed by atoms with van der Waals surface area (Å²) in [5.41, 5.74) is 1.14. The summed E-state index contributed by atoms with van der Waals surface area (Å²) in [7, 11) is 0. The molecule has 5 heteroatoms. The van der Waals surface area contributed by atoms with Gasteiger partial charge in [0, 0.05) is 49.2 Å². The molecule has 0 amide bonds. The highest BCUT2D eigenvalue weighted by Crippen LogP contribution is 2.38. The fraction of sp³-hybridized carbons (Fsp3) is 0.500. The molecule has 0 radical (unpaired) electrons. The van der Waals surface area contributed by atoms with E-state index in [1.807, 2.05) is 37.5 Å². The molecule has 3 rings (SSSR count). The van der Waals surface area contributed by atoms with E-state index in [0.717, 1.165) is 37.3 Å². The first-order valence-corrected chi connectivity index (χ1v) is 8.04. The van der Waals surface area contributed by atoms with E-state index in [-0.39, 0.29) is 5.41 Å². The van der Waals surface area contributed by atoms with E-state index in [4.69, 9.17) is 0 Å². The molecule has 1 fully saturated rings. The molecule has 23 heavy (non-hydrogen) atoms. The molecule has 3 heterocycles. The molecule has 2 aromatic rings. The van der Waals surface area contributed by atoms with Gasteiger partial charge in [-0.05, 0) is 25.5 Å². The predicted molar refractivity (Wildman–Crippen MR) is 89.6 cm³/mol. The highest BCUT2D eigenvalue weighted by Gasteiger charge is 2.43. The van der Waals surface area contributed by atoms with Crippen molar-refractivity contribution in [3.8, 4) is 11.5 Å². The fourth-order valence-corrected chi connectivity index (χ4v) is 2.98. The minimum Gasteiger partial charge on any atom is -0.390 e. The van der Waals surface area contributed by atoms with Crippen LogP contribution in [-0.4, -0.2) is 43.6 Å². The molecule has 0 unspecified atom stereocenters. The minimum atomic E-state index is -0.608. The molecule has 0 aromatic carbocycles. The Hall–Kier alpha value is -1.85. The van der Waals surface area contributed by atoms with Crippen molar-refractivity contribution in [3.63, 3.8) is 0 Å². The lowest BCUT2D eigenvalue weighted by Crippen LogP contribution is -2.55. The molecule has 1 aliphatic rings. The topological polar surface area (TPSA) is 62.1 Å². The van der Waals surface area contributed by atoms with Gasteiger partial charge >= 0.3 is 0 Å². The average Bonchev–Trinajstić information content (AvgIpc) is 2.53. The Balaban J connectivity index is 1.68. The molecular weight excluding hydrogens is 288 g/mol. The summed E-state index contributed by atoms with van der Waals surface area (Å²) in [5.74, 6) is 0.649. The van der Waals surface area contributed by atoms with Gasteiger partial charge in [0.25, 0.3) is 0 Å². The molecule has 0 saturated carbocycles. The zero-order valence-electron chi connectivity index (χ0n) is 14.0. The SMILES string of the molecule is CC1(C)CN(Cc2cnc(-c3ccccn3)nc2)CC[C@]1(C)O. The minimum absolute atomic E-state index is 0.125. The van der Waals surface area contributed by atoms with Gasteiger partial charge in [-0.1, -0.05) is 19.9 Å². The first-order valence-electron chi connectivity index (χ1n) is 8.04. The Bertz CT molecular complexity index is 652. The summed E-state index contributed by atoms with van der Waals surface area (Å²) >= 11 is 0. The van der Waals surface area contributed by atoms with E-state index >= 15 is 0 Å². The third-order valence-corrected chi connectivity index (χ3v) is 5.00. The van der Waals surface area contributed by atoms with Crippen molar-refractivity contribution >= 4 is 0 Å². The van der Waals surface area contributed by atoms with Crippen LogP contribution >= 0.6 is 0 Å². The van der Waals surface area contributed by atoms with E-state index in [9.17, 15) is 5.11 Å². The van der Waals surface area contributed by atoms with E-state index in [0.29, 0.717) is 5.82 Å². The van der Waals surface area contributed by atoms with Crippen molar-refractivity contribution in [3.05, 3.63) is 42.4 Å². The lowest BCUT2D eigenvalue weighted by atomic mass is 9.71. The highest BCUT2D eigenvalue weighted by atomic mass is 16.3. The quantitative estimate of drug-likeness (QED) is 0.943. The van der Waals surface area contributed by atoms with E-state index < -0.39 is 5.60 Å². The number of nitrogens with zero attached hydrogens (tertiary/aromatic N) is 4. The standard InChI is InChI=1S/C18H24N4O/c1-17(2)13-22(9-7-18(17,3)23)12-14-10-20-16(21-11-14)15-6-4-5-8-19-15/h4-6,8,10-11,23H,7,9,12-13H2,1-3H3/t18-/m0/s1. The smallest absolute Gasteiger partial charge is 0.178 e. The summed E-state index contributed by atoms with van der Waals surface area (Å²) < 4.78 is 0. The Morgan fingerprint density at radius 1 is 1.13 bits per heavy atom. The first-order chi connectivity index (χ1) is 10.9. The molecule has 0 bridgehead atoms. The monoisotopic (exact) mass is 312 g/mol. The number of pyridine rings is 1. The van der Waals surface area contributed by atoms with Gasteiger partial charge in [0.05, 0.1) is 5.60 Å². The Kier molecular flexibility index (Phi) is 4.17. The zero-order valence-corrected chi connectivity index (χ0v) is 14.0. The van der Waals surface area contributed by atoms with Crippen LogP contribution in [0.4, 0.5) is 0 Å². The summed E-state index contributed by atoms with van der Waals surface area (Å²) in [6.45, 7) is 8.75. The molecule has 0 spiro atoms. The van der Waals surface area contributed by atoms with Crippen LogP contribution in [0.25, 0.3) is 11.5 Å². The van der Waals surface area contributed by atoms with Gasteiger partial charge in [-0.2, -0.15) is 0 Å². The summed E-state index contributed by atoms with van der Waals surface area (Å²) in [6, 6.07) is 5.72. The van der Waals surface area contributed by atoms with Crippen molar-refractivity contribution in [2.45, 2.75) is 39.3 Å². The van der Waals surface area contributed by atoms with Crippen molar-refractivity contribution in [1.82, 2.24) is 19.9 Å². The van der Waals surface area contributed by atoms with Gasteiger partial charge < -0.3 is 5.11 Å². The van der Waals surface area contributed by atoms with Crippen LogP contribution in [-0.2, 0) is 6.54 Å². The molecule has 122 valence electrons. The fourth-order valence-electron chi connectivity index (χ4n) is 2.98. The van der Waals surface area contributed by atoms with Crippen LogP contribution in [0.5, 0.6) is 0 Å². The molecule has 0 aliphatic carbocycles. The van der Waals surface area contributed by atoms with E-state index in [1.54, 1.807) is 6.20 Å². The van der Waals surface area contributed by atoms with Gasteiger partial charge in [-0.25, -0.2) is 9.97 Å². The van der Waals surface area contributed by atoms with Crippen molar-refractivity contribution in [2.75, 3.05) is 13.1 Å². The maximum Gasteiger partial charge on any atom is 0.178 e. The second-order valence-electron chi connectivity index (χ2n) is 7.25.